The SMILES string of the molecule is CC(C)[C@H]1CN(c2ccc(C(F)(F)F)nc2)C(=O)N1CC(=O)Cc1cccc(S(N)(=O)=O)c1. The fourth-order valence-corrected chi connectivity index (χ4v) is 4.24. The number of hydrogen-bond acceptors (Lipinski definition) is 5. The Morgan fingerprint density at radius 2 is 1.94 bits per heavy atom. The van der Waals surface area contributed by atoms with Crippen LogP contribution in [0.2, 0.25) is 0 Å². The average molecular weight is 485 g/mol. The van der Waals surface area contributed by atoms with E-state index in [2.05, 4.69) is 4.98 Å². The summed E-state index contributed by atoms with van der Waals surface area (Å²) in [4.78, 5) is 31.7. The highest BCUT2D eigenvalue weighted by Crippen LogP contribution is 2.31. The molecular weight excluding hydrogens is 461 g/mol. The van der Waals surface area contributed by atoms with Gasteiger partial charge in [-0.1, -0.05) is 26.0 Å². The molecule has 1 atom stereocenters. The fraction of sp³-hybridized carbons (Fsp3) is 0.381. The second-order valence-corrected chi connectivity index (χ2v) is 9.70. The number of nitrogens with zero attached hydrogens (tertiary/aromatic N) is 3. The minimum absolute atomic E-state index is 0.0279. The lowest BCUT2D eigenvalue weighted by molar-refractivity contribution is -0.141. The number of sulfonamides is 1. The molecule has 2 aromatic rings. The number of hydrogen-bond donors (Lipinski definition) is 1. The number of benzene rings is 1. The van der Waals surface area contributed by atoms with E-state index in [1.165, 1.54) is 34.1 Å². The zero-order valence-corrected chi connectivity index (χ0v) is 18.7. The van der Waals surface area contributed by atoms with E-state index in [4.69, 9.17) is 5.14 Å². The molecule has 0 aliphatic carbocycles. The third-order valence-corrected chi connectivity index (χ3v) is 6.25. The van der Waals surface area contributed by atoms with Crippen molar-refractivity contribution in [2.24, 2.45) is 11.1 Å². The summed E-state index contributed by atoms with van der Waals surface area (Å²) >= 11 is 0. The zero-order chi connectivity index (χ0) is 24.6. The highest BCUT2D eigenvalue weighted by atomic mass is 32.2. The number of nitrogens with two attached hydrogens (primary N) is 1. The summed E-state index contributed by atoms with van der Waals surface area (Å²) in [6.45, 7) is 3.71. The maximum absolute atomic E-state index is 13.0. The second kappa shape index (κ2) is 9.10. The van der Waals surface area contributed by atoms with Crippen molar-refractivity contribution in [3.05, 3.63) is 53.9 Å². The zero-order valence-electron chi connectivity index (χ0n) is 17.9. The standard InChI is InChI=1S/C21H23F3N4O4S/c1-13(2)18-12-27(15-6-7-19(26-10-15)21(22,23)24)20(30)28(18)11-16(29)8-14-4-3-5-17(9-14)33(25,31)32/h3-7,9-10,13,18H,8,11-12H2,1-2H3,(H2,25,31,32)/t18-/m1/s1. The molecule has 0 radical (unpaired) electrons. The van der Waals surface area contributed by atoms with Crippen LogP contribution in [0, 0.1) is 5.92 Å². The number of pyridine rings is 1. The number of primary sulfonamides is 1. The van der Waals surface area contributed by atoms with E-state index in [-0.39, 0.29) is 47.8 Å². The summed E-state index contributed by atoms with van der Waals surface area (Å²) in [5, 5.41) is 5.12. The van der Waals surface area contributed by atoms with Gasteiger partial charge in [-0.3, -0.25) is 9.69 Å². The van der Waals surface area contributed by atoms with Crippen molar-refractivity contribution in [3.63, 3.8) is 0 Å². The minimum atomic E-state index is -4.59. The summed E-state index contributed by atoms with van der Waals surface area (Å²) in [7, 11) is -3.92. The number of urea groups is 1. The van der Waals surface area contributed by atoms with Crippen LogP contribution in [0.1, 0.15) is 25.1 Å². The van der Waals surface area contributed by atoms with Gasteiger partial charge in [0.1, 0.15) is 5.69 Å². The Bertz CT molecular complexity index is 1150. The van der Waals surface area contributed by atoms with Gasteiger partial charge in [0, 0.05) is 13.0 Å². The van der Waals surface area contributed by atoms with Crippen molar-refractivity contribution in [2.75, 3.05) is 18.0 Å². The van der Waals surface area contributed by atoms with Gasteiger partial charge in [-0.25, -0.2) is 23.3 Å². The Balaban J connectivity index is 1.76. The Morgan fingerprint density at radius 3 is 2.48 bits per heavy atom. The topological polar surface area (TPSA) is 114 Å². The van der Waals surface area contributed by atoms with Crippen molar-refractivity contribution in [2.45, 2.75) is 37.4 Å². The molecule has 1 aromatic heterocycles. The third-order valence-electron chi connectivity index (χ3n) is 5.34. The van der Waals surface area contributed by atoms with Crippen LogP contribution in [0.3, 0.4) is 0 Å². The molecule has 1 saturated heterocycles. The summed E-state index contributed by atoms with van der Waals surface area (Å²) in [5.41, 5.74) is -0.426. The first kappa shape index (κ1) is 24.6. The molecule has 33 heavy (non-hydrogen) atoms. The molecule has 1 aromatic carbocycles. The van der Waals surface area contributed by atoms with Gasteiger partial charge in [0.15, 0.2) is 5.78 Å². The Morgan fingerprint density at radius 1 is 1.24 bits per heavy atom. The third kappa shape index (κ3) is 5.69. The smallest absolute Gasteiger partial charge is 0.312 e. The van der Waals surface area contributed by atoms with E-state index in [0.717, 1.165) is 12.3 Å². The number of anilines is 1. The molecule has 0 bridgehead atoms. The van der Waals surface area contributed by atoms with Gasteiger partial charge in [-0.05, 0) is 35.7 Å². The van der Waals surface area contributed by atoms with Crippen molar-refractivity contribution in [1.29, 1.82) is 0 Å². The van der Waals surface area contributed by atoms with Gasteiger partial charge in [-0.15, -0.1) is 0 Å². The number of alkyl halides is 3. The lowest BCUT2D eigenvalue weighted by Gasteiger charge is -2.25. The number of Topliss-reactive ketones (excluding diaryl/α,β-unsaturated/α-hetero) is 1. The normalized spacial score (nSPS) is 17.2. The molecule has 0 spiro atoms. The van der Waals surface area contributed by atoms with E-state index in [0.29, 0.717) is 5.56 Å². The molecule has 2 amide bonds. The number of carbonyl (C=O) groups is 2. The molecule has 12 heteroatoms. The van der Waals surface area contributed by atoms with Crippen LogP contribution in [-0.4, -0.2) is 49.2 Å². The highest BCUT2D eigenvalue weighted by molar-refractivity contribution is 7.89. The van der Waals surface area contributed by atoms with Crippen molar-refractivity contribution < 1.29 is 31.2 Å². The van der Waals surface area contributed by atoms with Gasteiger partial charge in [0.05, 0.1) is 29.4 Å². The molecule has 2 N–H and O–H groups in total. The lowest BCUT2D eigenvalue weighted by atomic mass is 10.0. The average Bonchev–Trinajstić information content (AvgIpc) is 3.03. The van der Waals surface area contributed by atoms with Gasteiger partial charge < -0.3 is 4.90 Å². The number of aromatic nitrogens is 1. The molecule has 2 heterocycles. The minimum Gasteiger partial charge on any atom is -0.312 e. The number of carbonyl (C=O) groups excluding carboxylic acids is 2. The van der Waals surface area contributed by atoms with E-state index >= 15 is 0 Å². The van der Waals surface area contributed by atoms with Crippen molar-refractivity contribution >= 4 is 27.5 Å². The highest BCUT2D eigenvalue weighted by Gasteiger charge is 2.41. The van der Waals surface area contributed by atoms with Crippen LogP contribution in [0.15, 0.2) is 47.5 Å². The first-order valence-electron chi connectivity index (χ1n) is 10.0. The maximum atomic E-state index is 13.0. The maximum Gasteiger partial charge on any atom is 0.433 e. The summed E-state index contributed by atoms with van der Waals surface area (Å²) < 4.78 is 61.4. The molecular formula is C21H23F3N4O4S. The monoisotopic (exact) mass is 484 g/mol. The van der Waals surface area contributed by atoms with E-state index in [1.807, 2.05) is 13.8 Å². The quantitative estimate of drug-likeness (QED) is 0.649. The molecule has 1 fully saturated rings. The fourth-order valence-electron chi connectivity index (χ4n) is 3.65. The van der Waals surface area contributed by atoms with Gasteiger partial charge in [-0.2, -0.15) is 13.2 Å². The summed E-state index contributed by atoms with van der Waals surface area (Å²) in [6.07, 6.45) is -3.71. The Hall–Kier alpha value is -2.99. The van der Waals surface area contributed by atoms with Gasteiger partial charge in [0.25, 0.3) is 0 Å². The van der Waals surface area contributed by atoms with Crippen molar-refractivity contribution in [1.82, 2.24) is 9.88 Å². The molecule has 8 nitrogen and oxygen atoms in total. The van der Waals surface area contributed by atoms with Crippen LogP contribution in [0.5, 0.6) is 0 Å². The predicted octanol–water partition coefficient (Wildman–Crippen LogP) is 2.83. The molecule has 1 aliphatic rings. The van der Waals surface area contributed by atoms with Crippen LogP contribution < -0.4 is 10.0 Å². The summed E-state index contributed by atoms with van der Waals surface area (Å²) in [5.74, 6) is -0.354. The van der Waals surface area contributed by atoms with Crippen LogP contribution >= 0.6 is 0 Å². The predicted molar refractivity (Wildman–Crippen MR) is 114 cm³/mol. The molecule has 3 rings (SSSR count). The number of halogens is 3. The van der Waals surface area contributed by atoms with E-state index in [9.17, 15) is 31.2 Å². The summed E-state index contributed by atoms with van der Waals surface area (Å²) in [6, 6.07) is 6.80. The van der Waals surface area contributed by atoms with Crippen molar-refractivity contribution in [3.8, 4) is 0 Å². The number of rotatable bonds is 7. The molecule has 0 unspecified atom stereocenters. The van der Waals surface area contributed by atoms with E-state index < -0.39 is 27.9 Å². The number of amides is 2. The molecule has 178 valence electrons. The van der Waals surface area contributed by atoms with E-state index in [1.54, 1.807) is 6.07 Å². The van der Waals surface area contributed by atoms with Crippen LogP contribution in [0.25, 0.3) is 0 Å². The van der Waals surface area contributed by atoms with Gasteiger partial charge in [0.2, 0.25) is 10.0 Å². The lowest BCUT2D eigenvalue weighted by Crippen LogP contribution is -2.41. The largest absolute Gasteiger partial charge is 0.433 e. The first-order chi connectivity index (χ1) is 15.3. The van der Waals surface area contributed by atoms with Gasteiger partial charge >= 0.3 is 12.2 Å². The molecule has 1 aliphatic heterocycles. The second-order valence-electron chi connectivity index (χ2n) is 8.14. The Kier molecular flexibility index (Phi) is 6.80. The molecule has 0 saturated carbocycles. The van der Waals surface area contributed by atoms with Crippen LogP contribution in [-0.2, 0) is 27.4 Å². The van der Waals surface area contributed by atoms with Crippen LogP contribution in [0.4, 0.5) is 23.7 Å². The first-order valence-corrected chi connectivity index (χ1v) is 11.6. The number of ketones is 1. The Labute approximate surface area is 189 Å².